The summed E-state index contributed by atoms with van der Waals surface area (Å²) in [5, 5.41) is 6.28. The fourth-order valence-corrected chi connectivity index (χ4v) is 3.46. The van der Waals surface area contributed by atoms with Crippen LogP contribution in [0.5, 0.6) is 0 Å². The van der Waals surface area contributed by atoms with Gasteiger partial charge in [-0.15, -0.1) is 24.0 Å². The molecule has 9 heteroatoms. The Morgan fingerprint density at radius 2 is 1.97 bits per heavy atom. The molecule has 1 aliphatic rings. The molecule has 33 heavy (non-hydrogen) atoms. The van der Waals surface area contributed by atoms with Crippen molar-refractivity contribution in [1.82, 2.24) is 20.5 Å². The molecule has 0 atom stereocenters. The lowest BCUT2D eigenvalue weighted by atomic mass is 10.2. The third-order valence-electron chi connectivity index (χ3n) is 5.35. The lowest BCUT2D eigenvalue weighted by Crippen LogP contribution is -2.44. The molecule has 178 valence electrons. The minimum Gasteiger partial charge on any atom is -0.357 e. The topological polar surface area (TPSA) is 89.9 Å². The number of nitrogens with one attached hydrogen (secondary N) is 2. The summed E-state index contributed by atoms with van der Waals surface area (Å²) in [6.45, 7) is 4.73. The van der Waals surface area contributed by atoms with Crippen LogP contribution >= 0.6 is 24.0 Å². The molecule has 3 rings (SSSR count). The van der Waals surface area contributed by atoms with E-state index in [9.17, 15) is 9.59 Å². The second-order valence-corrected chi connectivity index (χ2v) is 7.75. The van der Waals surface area contributed by atoms with Crippen LogP contribution in [0.25, 0.3) is 0 Å². The van der Waals surface area contributed by atoms with E-state index in [1.54, 1.807) is 18.1 Å². The maximum atomic E-state index is 12.5. The number of benzene rings is 1. The molecular weight excluding hydrogens is 531 g/mol. The molecule has 2 heterocycles. The standard InChI is InChI=1S/C24H32N6O2.HI/c1-3-25-24(28-18-23(32)29(2)16-13-20-7-4-5-14-26-20)27-17-19-9-11-21(12-10-19)30-15-6-8-22(30)31;/h4-5,7,9-12,14H,3,6,8,13,15-18H2,1-2H3,(H2,25,27,28);1H. The van der Waals surface area contributed by atoms with Crippen molar-refractivity contribution in [2.24, 2.45) is 4.99 Å². The number of carbonyl (C=O) groups is 2. The van der Waals surface area contributed by atoms with Crippen LogP contribution in [-0.4, -0.2) is 60.9 Å². The quantitative estimate of drug-likeness (QED) is 0.278. The fourth-order valence-electron chi connectivity index (χ4n) is 3.46. The first-order chi connectivity index (χ1) is 15.6. The number of nitrogens with zero attached hydrogens (tertiary/aromatic N) is 4. The number of carbonyl (C=O) groups excluding carboxylic acids is 2. The zero-order valence-electron chi connectivity index (χ0n) is 19.3. The van der Waals surface area contributed by atoms with Gasteiger partial charge in [0.1, 0.15) is 0 Å². The average molecular weight is 564 g/mol. The summed E-state index contributed by atoms with van der Waals surface area (Å²) in [5.74, 6) is 0.771. The minimum atomic E-state index is -0.00818. The number of likely N-dealkylation sites (N-methyl/N-ethyl adjacent to an activating group) is 1. The number of amides is 2. The summed E-state index contributed by atoms with van der Waals surface area (Å²) in [6, 6.07) is 13.7. The minimum absolute atomic E-state index is 0. The van der Waals surface area contributed by atoms with Gasteiger partial charge < -0.3 is 20.4 Å². The highest BCUT2D eigenvalue weighted by molar-refractivity contribution is 14.0. The van der Waals surface area contributed by atoms with Crippen molar-refractivity contribution in [3.05, 3.63) is 59.9 Å². The van der Waals surface area contributed by atoms with E-state index < -0.39 is 0 Å². The van der Waals surface area contributed by atoms with Gasteiger partial charge in [-0.3, -0.25) is 14.6 Å². The van der Waals surface area contributed by atoms with Crippen molar-refractivity contribution in [3.63, 3.8) is 0 Å². The van der Waals surface area contributed by atoms with Crippen LogP contribution in [0, 0.1) is 0 Å². The molecule has 2 N–H and O–H groups in total. The van der Waals surface area contributed by atoms with Gasteiger partial charge in [-0.25, -0.2) is 4.99 Å². The van der Waals surface area contributed by atoms with E-state index in [1.165, 1.54) is 0 Å². The zero-order valence-corrected chi connectivity index (χ0v) is 21.6. The molecule has 8 nitrogen and oxygen atoms in total. The highest BCUT2D eigenvalue weighted by Crippen LogP contribution is 2.21. The van der Waals surface area contributed by atoms with Crippen molar-refractivity contribution in [2.45, 2.75) is 32.7 Å². The molecule has 0 radical (unpaired) electrons. The molecule has 0 saturated carbocycles. The molecule has 0 spiro atoms. The smallest absolute Gasteiger partial charge is 0.241 e. The highest BCUT2D eigenvalue weighted by Gasteiger charge is 2.21. The molecule has 0 unspecified atom stereocenters. The highest BCUT2D eigenvalue weighted by atomic mass is 127. The second-order valence-electron chi connectivity index (χ2n) is 7.75. The summed E-state index contributed by atoms with van der Waals surface area (Å²) in [5.41, 5.74) is 2.94. The Hall–Kier alpha value is -2.69. The van der Waals surface area contributed by atoms with E-state index in [4.69, 9.17) is 0 Å². The van der Waals surface area contributed by atoms with E-state index in [0.717, 1.165) is 36.3 Å². The monoisotopic (exact) mass is 564 g/mol. The summed E-state index contributed by atoms with van der Waals surface area (Å²) in [6.07, 6.45) is 4.02. The maximum absolute atomic E-state index is 12.5. The normalized spacial score (nSPS) is 13.5. The number of rotatable bonds is 9. The molecule has 1 aliphatic heterocycles. The van der Waals surface area contributed by atoms with Crippen LogP contribution in [0.15, 0.2) is 53.7 Å². The zero-order chi connectivity index (χ0) is 22.8. The maximum Gasteiger partial charge on any atom is 0.241 e. The Labute approximate surface area is 212 Å². The van der Waals surface area contributed by atoms with Crippen molar-refractivity contribution in [3.8, 4) is 0 Å². The molecule has 0 aliphatic carbocycles. The molecular formula is C24H33IN6O2. The van der Waals surface area contributed by atoms with Gasteiger partial charge in [-0.1, -0.05) is 18.2 Å². The summed E-state index contributed by atoms with van der Waals surface area (Å²) in [7, 11) is 1.80. The third-order valence-corrected chi connectivity index (χ3v) is 5.35. The van der Waals surface area contributed by atoms with Gasteiger partial charge in [0, 0.05) is 57.1 Å². The fraction of sp³-hybridized carbons (Fsp3) is 0.417. The van der Waals surface area contributed by atoms with Gasteiger partial charge in [0.15, 0.2) is 5.96 Å². The number of pyridine rings is 1. The van der Waals surface area contributed by atoms with Gasteiger partial charge in [0.2, 0.25) is 11.8 Å². The molecule has 1 aromatic heterocycles. The predicted octanol–water partition coefficient (Wildman–Crippen LogP) is 2.58. The number of guanidine groups is 1. The van der Waals surface area contributed by atoms with Crippen LogP contribution in [0.4, 0.5) is 5.69 Å². The Balaban J connectivity index is 0.00000385. The Kier molecular flexibility index (Phi) is 11.1. The number of aromatic nitrogens is 1. The summed E-state index contributed by atoms with van der Waals surface area (Å²) in [4.78, 5) is 36.8. The SMILES string of the molecule is CCNC(=NCc1ccc(N2CCCC2=O)cc1)NCC(=O)N(C)CCc1ccccn1.I. The first-order valence-corrected chi connectivity index (χ1v) is 11.1. The lowest BCUT2D eigenvalue weighted by Gasteiger charge is -2.18. The molecule has 1 aromatic carbocycles. The third kappa shape index (κ3) is 8.30. The Morgan fingerprint density at radius 3 is 2.61 bits per heavy atom. The van der Waals surface area contributed by atoms with E-state index in [-0.39, 0.29) is 42.3 Å². The molecule has 0 bridgehead atoms. The largest absolute Gasteiger partial charge is 0.357 e. The van der Waals surface area contributed by atoms with E-state index in [2.05, 4.69) is 20.6 Å². The Bertz CT molecular complexity index is 920. The lowest BCUT2D eigenvalue weighted by molar-refractivity contribution is -0.128. The summed E-state index contributed by atoms with van der Waals surface area (Å²) < 4.78 is 0. The number of hydrogen-bond acceptors (Lipinski definition) is 4. The van der Waals surface area contributed by atoms with Crippen molar-refractivity contribution < 1.29 is 9.59 Å². The second kappa shape index (κ2) is 13.8. The molecule has 2 aromatic rings. The molecule has 2 amide bonds. The van der Waals surface area contributed by atoms with Crippen molar-refractivity contribution in [1.29, 1.82) is 0 Å². The van der Waals surface area contributed by atoms with Gasteiger partial charge in [-0.2, -0.15) is 0 Å². The Morgan fingerprint density at radius 1 is 1.18 bits per heavy atom. The van der Waals surface area contributed by atoms with E-state index >= 15 is 0 Å². The van der Waals surface area contributed by atoms with Crippen LogP contribution in [0.3, 0.4) is 0 Å². The van der Waals surface area contributed by atoms with Crippen LogP contribution < -0.4 is 15.5 Å². The first kappa shape index (κ1) is 26.6. The van der Waals surface area contributed by atoms with Gasteiger partial charge in [-0.05, 0) is 43.2 Å². The first-order valence-electron chi connectivity index (χ1n) is 11.1. The van der Waals surface area contributed by atoms with Gasteiger partial charge in [0.25, 0.3) is 0 Å². The number of aliphatic imine (C=N–C) groups is 1. The number of halogens is 1. The number of anilines is 1. The van der Waals surface area contributed by atoms with E-state index in [1.807, 2.05) is 54.3 Å². The van der Waals surface area contributed by atoms with Crippen LogP contribution in [0.1, 0.15) is 31.0 Å². The van der Waals surface area contributed by atoms with Gasteiger partial charge >= 0.3 is 0 Å². The average Bonchev–Trinajstić information content (AvgIpc) is 3.25. The van der Waals surface area contributed by atoms with Gasteiger partial charge in [0.05, 0.1) is 13.1 Å². The molecule has 1 saturated heterocycles. The van der Waals surface area contributed by atoms with Crippen molar-refractivity contribution in [2.75, 3.05) is 38.1 Å². The van der Waals surface area contributed by atoms with E-state index in [0.29, 0.717) is 32.0 Å². The molecule has 1 fully saturated rings. The predicted molar refractivity (Wildman–Crippen MR) is 142 cm³/mol. The number of hydrogen-bond donors (Lipinski definition) is 2. The summed E-state index contributed by atoms with van der Waals surface area (Å²) >= 11 is 0. The van der Waals surface area contributed by atoms with Crippen LogP contribution in [-0.2, 0) is 22.6 Å². The van der Waals surface area contributed by atoms with Crippen LogP contribution in [0.2, 0.25) is 0 Å². The van der Waals surface area contributed by atoms with Crippen molar-refractivity contribution >= 4 is 47.4 Å².